The number of hydrogen-bond donors (Lipinski definition) is 0. The Morgan fingerprint density at radius 2 is 1.33 bits per heavy atom. The van der Waals surface area contributed by atoms with Gasteiger partial charge in [-0.15, -0.1) is 0 Å². The van der Waals surface area contributed by atoms with Crippen molar-refractivity contribution in [2.45, 2.75) is 26.9 Å². The summed E-state index contributed by atoms with van der Waals surface area (Å²) >= 11 is 0. The Kier molecular flexibility index (Phi) is 6.46. The third kappa shape index (κ3) is 4.44. The average Bonchev–Trinajstić information content (AvgIpc) is 2.91. The minimum Gasteiger partial charge on any atom is -0.368 e. The van der Waals surface area contributed by atoms with Gasteiger partial charge in [-0.3, -0.25) is 23.5 Å². The highest BCUT2D eigenvalue weighted by molar-refractivity contribution is 5.80. The van der Waals surface area contributed by atoms with Crippen molar-refractivity contribution < 1.29 is 4.79 Å². The maximum Gasteiger partial charge on any atom is 0.317 e. The van der Waals surface area contributed by atoms with Crippen LogP contribution in [0.2, 0.25) is 0 Å². The lowest BCUT2D eigenvalue weighted by Crippen LogP contribution is -2.51. The number of benzene rings is 3. The summed E-state index contributed by atoms with van der Waals surface area (Å²) in [6.07, 6.45) is 0. The van der Waals surface area contributed by atoms with Crippen LogP contribution in [0.15, 0.2) is 82.4 Å². The number of para-hydroxylation sites is 2. The van der Waals surface area contributed by atoms with Gasteiger partial charge >= 0.3 is 11.1 Å². The molecule has 36 heavy (non-hydrogen) atoms. The molecule has 0 N–H and O–H groups in total. The summed E-state index contributed by atoms with van der Waals surface area (Å²) in [5.41, 5.74) is 4.56. The summed E-state index contributed by atoms with van der Waals surface area (Å²) < 4.78 is 2.83. The fourth-order valence-corrected chi connectivity index (χ4v) is 4.96. The van der Waals surface area contributed by atoms with Crippen LogP contribution in [0.25, 0.3) is 11.0 Å². The van der Waals surface area contributed by atoms with Crippen molar-refractivity contribution in [2.75, 3.05) is 31.1 Å². The van der Waals surface area contributed by atoms with Crippen LogP contribution in [0.1, 0.15) is 16.7 Å². The van der Waals surface area contributed by atoms with Crippen LogP contribution in [0.5, 0.6) is 0 Å². The highest BCUT2D eigenvalue weighted by atomic mass is 16.2. The Morgan fingerprint density at radius 1 is 0.722 bits per heavy atom. The molecule has 1 amide bonds. The van der Waals surface area contributed by atoms with Gasteiger partial charge in [0, 0.05) is 31.9 Å². The molecule has 1 saturated heterocycles. The molecule has 1 aromatic heterocycles. The van der Waals surface area contributed by atoms with Crippen LogP contribution in [0.4, 0.5) is 5.69 Å². The predicted octanol–water partition coefficient (Wildman–Crippen LogP) is 3.18. The number of rotatable bonds is 5. The summed E-state index contributed by atoms with van der Waals surface area (Å²) in [5, 5.41) is 0. The van der Waals surface area contributed by atoms with E-state index in [4.69, 9.17) is 0 Å². The van der Waals surface area contributed by atoms with Gasteiger partial charge < -0.3 is 9.80 Å². The second-order valence-electron chi connectivity index (χ2n) is 9.34. The fraction of sp³-hybridized carbons (Fsp3) is 0.276. The Morgan fingerprint density at radius 3 is 2.03 bits per heavy atom. The number of piperazine rings is 1. The third-order valence-corrected chi connectivity index (χ3v) is 7.16. The third-order valence-electron chi connectivity index (χ3n) is 7.16. The van der Waals surface area contributed by atoms with Gasteiger partial charge in [-0.2, -0.15) is 0 Å². The summed E-state index contributed by atoms with van der Waals surface area (Å²) in [7, 11) is 0. The number of aromatic nitrogens is 2. The average molecular weight is 483 g/mol. The van der Waals surface area contributed by atoms with E-state index in [1.54, 1.807) is 11.0 Å². The van der Waals surface area contributed by atoms with E-state index in [-0.39, 0.29) is 12.5 Å². The fourth-order valence-electron chi connectivity index (χ4n) is 4.96. The molecule has 0 aliphatic carbocycles. The standard InChI is InChI=1S/C29H30N4O3/c1-21-9-8-14-24(22(21)2)30-15-17-31(18-16-30)27(34)20-33-26-13-7-6-12-25(26)32(28(35)29(33)36)19-23-10-4-3-5-11-23/h3-14H,15-20H2,1-2H3. The van der Waals surface area contributed by atoms with E-state index >= 15 is 0 Å². The van der Waals surface area contributed by atoms with E-state index < -0.39 is 11.1 Å². The SMILES string of the molecule is Cc1cccc(N2CCN(C(=O)Cn3c(=O)c(=O)n(Cc4ccccc4)c4ccccc43)CC2)c1C. The Labute approximate surface area is 209 Å². The maximum atomic E-state index is 13.3. The van der Waals surface area contributed by atoms with Crippen molar-refractivity contribution >= 4 is 22.6 Å². The highest BCUT2D eigenvalue weighted by Crippen LogP contribution is 2.24. The van der Waals surface area contributed by atoms with Gasteiger partial charge in [-0.1, -0.05) is 54.6 Å². The molecule has 1 aliphatic heterocycles. The van der Waals surface area contributed by atoms with Crippen LogP contribution >= 0.6 is 0 Å². The lowest BCUT2D eigenvalue weighted by molar-refractivity contribution is -0.132. The number of amides is 1. The molecule has 1 fully saturated rings. The van der Waals surface area contributed by atoms with E-state index in [1.807, 2.05) is 48.5 Å². The smallest absolute Gasteiger partial charge is 0.317 e. The first-order valence-electron chi connectivity index (χ1n) is 12.3. The Balaban J connectivity index is 1.38. The topological polar surface area (TPSA) is 67.5 Å². The molecule has 0 atom stereocenters. The first-order chi connectivity index (χ1) is 17.4. The van der Waals surface area contributed by atoms with Gasteiger partial charge in [0.25, 0.3) is 0 Å². The van der Waals surface area contributed by atoms with E-state index in [1.165, 1.54) is 25.9 Å². The summed E-state index contributed by atoms with van der Waals surface area (Å²) in [4.78, 5) is 43.6. The molecule has 0 spiro atoms. The molecule has 0 radical (unpaired) electrons. The largest absolute Gasteiger partial charge is 0.368 e. The lowest BCUT2D eigenvalue weighted by Gasteiger charge is -2.37. The molecule has 7 nitrogen and oxygen atoms in total. The van der Waals surface area contributed by atoms with E-state index in [0.717, 1.165) is 18.7 Å². The van der Waals surface area contributed by atoms with Crippen molar-refractivity contribution in [2.24, 2.45) is 0 Å². The van der Waals surface area contributed by atoms with Crippen molar-refractivity contribution in [3.05, 3.63) is 110 Å². The van der Waals surface area contributed by atoms with Crippen LogP contribution in [-0.4, -0.2) is 46.1 Å². The van der Waals surface area contributed by atoms with Crippen molar-refractivity contribution in [3.63, 3.8) is 0 Å². The number of carbonyl (C=O) groups excluding carboxylic acids is 1. The zero-order valence-electron chi connectivity index (χ0n) is 20.7. The van der Waals surface area contributed by atoms with Crippen LogP contribution in [-0.2, 0) is 17.9 Å². The summed E-state index contributed by atoms with van der Waals surface area (Å²) in [5.74, 6) is -0.150. The first kappa shape index (κ1) is 23.6. The number of nitrogens with zero attached hydrogens (tertiary/aromatic N) is 4. The minimum absolute atomic E-state index is 0.149. The molecule has 5 rings (SSSR count). The second-order valence-corrected chi connectivity index (χ2v) is 9.34. The molecule has 0 saturated carbocycles. The van der Waals surface area contributed by atoms with Gasteiger partial charge in [0.15, 0.2) is 0 Å². The molecule has 1 aliphatic rings. The number of hydrogen-bond acceptors (Lipinski definition) is 4. The maximum absolute atomic E-state index is 13.3. The number of fused-ring (bicyclic) bond motifs is 1. The van der Waals surface area contributed by atoms with Gasteiger partial charge in [0.1, 0.15) is 6.54 Å². The van der Waals surface area contributed by atoms with Crippen molar-refractivity contribution in [3.8, 4) is 0 Å². The number of aryl methyl sites for hydroxylation is 1. The zero-order chi connectivity index (χ0) is 25.2. The van der Waals surface area contributed by atoms with Crippen LogP contribution < -0.4 is 16.0 Å². The normalized spacial score (nSPS) is 13.8. The highest BCUT2D eigenvalue weighted by Gasteiger charge is 2.24. The van der Waals surface area contributed by atoms with Crippen LogP contribution in [0, 0.1) is 13.8 Å². The van der Waals surface area contributed by atoms with Crippen molar-refractivity contribution in [1.82, 2.24) is 14.0 Å². The first-order valence-corrected chi connectivity index (χ1v) is 12.3. The molecule has 2 heterocycles. The van der Waals surface area contributed by atoms with E-state index in [0.29, 0.717) is 30.7 Å². The monoisotopic (exact) mass is 482 g/mol. The molecular weight excluding hydrogens is 452 g/mol. The van der Waals surface area contributed by atoms with Gasteiger partial charge in [-0.05, 0) is 48.7 Å². The van der Waals surface area contributed by atoms with Gasteiger partial charge in [0.2, 0.25) is 5.91 Å². The minimum atomic E-state index is -0.674. The van der Waals surface area contributed by atoms with Crippen LogP contribution in [0.3, 0.4) is 0 Å². The molecule has 0 bridgehead atoms. The van der Waals surface area contributed by atoms with Gasteiger partial charge in [0.05, 0.1) is 17.6 Å². The van der Waals surface area contributed by atoms with E-state index in [9.17, 15) is 14.4 Å². The Hall–Kier alpha value is -4.13. The predicted molar refractivity (Wildman–Crippen MR) is 143 cm³/mol. The lowest BCUT2D eigenvalue weighted by atomic mass is 10.1. The number of carbonyl (C=O) groups is 1. The second kappa shape index (κ2) is 9.85. The van der Waals surface area contributed by atoms with E-state index in [2.05, 4.69) is 36.9 Å². The summed E-state index contributed by atoms with van der Waals surface area (Å²) in [6.45, 7) is 6.98. The molecule has 0 unspecified atom stereocenters. The van der Waals surface area contributed by atoms with Gasteiger partial charge in [-0.25, -0.2) is 0 Å². The molecule has 184 valence electrons. The van der Waals surface area contributed by atoms with Crippen molar-refractivity contribution in [1.29, 1.82) is 0 Å². The molecule has 7 heteroatoms. The molecular formula is C29H30N4O3. The quantitative estimate of drug-likeness (QED) is 0.410. The summed E-state index contributed by atoms with van der Waals surface area (Å²) in [6, 6.07) is 23.1. The Bertz CT molecular complexity index is 1530. The molecule has 3 aromatic carbocycles. The zero-order valence-corrected chi connectivity index (χ0v) is 20.7. The molecule has 4 aromatic rings. The number of anilines is 1.